The number of likely N-dealkylation sites (tertiary alicyclic amines) is 1. The quantitative estimate of drug-likeness (QED) is 0.632. The Morgan fingerprint density at radius 1 is 1.31 bits per heavy atom. The summed E-state index contributed by atoms with van der Waals surface area (Å²) in [6, 6.07) is 14.2. The summed E-state index contributed by atoms with van der Waals surface area (Å²) in [6.07, 6.45) is 3.16. The van der Waals surface area contributed by atoms with Gasteiger partial charge < -0.3 is 14.4 Å². The number of hydrogen-bond acceptors (Lipinski definition) is 5. The number of benzene rings is 2. The highest BCUT2D eigenvalue weighted by atomic mass is 16.5. The Balaban J connectivity index is 1.52. The van der Waals surface area contributed by atoms with Crippen LogP contribution in [0.4, 0.5) is 0 Å². The maximum atomic E-state index is 10.9. The molecule has 1 fully saturated rings. The van der Waals surface area contributed by atoms with E-state index in [1.807, 2.05) is 30.3 Å². The Morgan fingerprint density at radius 3 is 3.00 bits per heavy atom. The van der Waals surface area contributed by atoms with Gasteiger partial charge in [-0.15, -0.1) is 0 Å². The summed E-state index contributed by atoms with van der Waals surface area (Å²) in [6.45, 7) is 2.59. The molecule has 0 amide bonds. The van der Waals surface area contributed by atoms with Gasteiger partial charge in [0.15, 0.2) is 5.76 Å². The van der Waals surface area contributed by atoms with E-state index in [0.717, 1.165) is 65.9 Å². The zero-order valence-corrected chi connectivity index (χ0v) is 16.6. The highest BCUT2D eigenvalue weighted by Gasteiger charge is 2.22. The largest absolute Gasteiger partial charge is 0.496 e. The van der Waals surface area contributed by atoms with Crippen molar-refractivity contribution in [2.45, 2.75) is 32.2 Å². The lowest BCUT2D eigenvalue weighted by molar-refractivity contribution is -0.137. The fraction of sp³-hybridized carbons (Fsp3) is 0.391. The maximum Gasteiger partial charge on any atom is 0.303 e. The first-order valence-electron chi connectivity index (χ1n) is 10.1. The van der Waals surface area contributed by atoms with E-state index >= 15 is 0 Å². The van der Waals surface area contributed by atoms with Crippen LogP contribution < -0.4 is 4.74 Å². The van der Waals surface area contributed by atoms with Gasteiger partial charge in [0.05, 0.1) is 19.2 Å². The van der Waals surface area contributed by atoms with Crippen LogP contribution in [0.1, 0.15) is 31.4 Å². The molecule has 0 radical (unpaired) electrons. The number of hydrogen-bond donors (Lipinski definition) is 1. The Labute approximate surface area is 170 Å². The van der Waals surface area contributed by atoms with E-state index < -0.39 is 5.97 Å². The number of carboxylic acids is 1. The molecule has 1 aliphatic heterocycles. The molecule has 1 unspecified atom stereocenters. The summed E-state index contributed by atoms with van der Waals surface area (Å²) in [7, 11) is 1.67. The van der Waals surface area contributed by atoms with Crippen LogP contribution in [-0.2, 0) is 11.3 Å². The minimum absolute atomic E-state index is 0.242. The highest BCUT2D eigenvalue weighted by Crippen LogP contribution is 2.36. The summed E-state index contributed by atoms with van der Waals surface area (Å²) < 4.78 is 11.2. The fourth-order valence-electron chi connectivity index (χ4n) is 4.27. The predicted octanol–water partition coefficient (Wildman–Crippen LogP) is 4.58. The number of aliphatic carboxylic acids is 1. The Kier molecular flexibility index (Phi) is 5.81. The molecule has 4 rings (SSSR count). The van der Waals surface area contributed by atoms with Crippen molar-refractivity contribution in [3.05, 3.63) is 48.2 Å². The third kappa shape index (κ3) is 4.43. The van der Waals surface area contributed by atoms with E-state index in [0.29, 0.717) is 12.5 Å². The first-order chi connectivity index (χ1) is 14.1. The SMILES string of the molecule is COc1ccc2ccccc2c1-c1cc(CN2CCCC(CCC(=O)O)C2)on1. The van der Waals surface area contributed by atoms with Crippen molar-refractivity contribution in [3.8, 4) is 17.0 Å². The molecule has 1 atom stereocenters. The predicted molar refractivity (Wildman–Crippen MR) is 111 cm³/mol. The van der Waals surface area contributed by atoms with Crippen LogP contribution in [0, 0.1) is 5.92 Å². The van der Waals surface area contributed by atoms with Crippen molar-refractivity contribution in [3.63, 3.8) is 0 Å². The molecule has 3 aromatic rings. The molecule has 6 heteroatoms. The second-order valence-corrected chi connectivity index (χ2v) is 7.72. The van der Waals surface area contributed by atoms with Crippen molar-refractivity contribution < 1.29 is 19.2 Å². The highest BCUT2D eigenvalue weighted by molar-refractivity contribution is 5.98. The molecule has 2 aromatic carbocycles. The van der Waals surface area contributed by atoms with E-state index in [9.17, 15) is 4.79 Å². The monoisotopic (exact) mass is 394 g/mol. The second-order valence-electron chi connectivity index (χ2n) is 7.72. The number of piperidine rings is 1. The minimum Gasteiger partial charge on any atom is -0.496 e. The van der Waals surface area contributed by atoms with Crippen LogP contribution in [0.5, 0.6) is 5.75 Å². The molecule has 0 saturated carbocycles. The lowest BCUT2D eigenvalue weighted by Gasteiger charge is -2.31. The molecule has 0 spiro atoms. The van der Waals surface area contributed by atoms with Crippen LogP contribution in [-0.4, -0.2) is 41.3 Å². The van der Waals surface area contributed by atoms with E-state index in [1.165, 1.54) is 0 Å². The molecule has 6 nitrogen and oxygen atoms in total. The molecule has 1 aromatic heterocycles. The van der Waals surface area contributed by atoms with Crippen molar-refractivity contribution >= 4 is 16.7 Å². The number of fused-ring (bicyclic) bond motifs is 1. The van der Waals surface area contributed by atoms with Crippen molar-refractivity contribution in [2.24, 2.45) is 5.92 Å². The van der Waals surface area contributed by atoms with E-state index in [1.54, 1.807) is 7.11 Å². The first-order valence-corrected chi connectivity index (χ1v) is 10.1. The molecule has 1 aliphatic rings. The normalized spacial score (nSPS) is 17.5. The van der Waals surface area contributed by atoms with Gasteiger partial charge in [0, 0.05) is 19.0 Å². The summed E-state index contributed by atoms with van der Waals surface area (Å²) in [4.78, 5) is 13.2. The van der Waals surface area contributed by atoms with Crippen molar-refractivity contribution in [1.82, 2.24) is 10.1 Å². The summed E-state index contributed by atoms with van der Waals surface area (Å²) in [5, 5.41) is 15.5. The number of methoxy groups -OCH3 is 1. The first kappa shape index (κ1) is 19.5. The van der Waals surface area contributed by atoms with Crippen molar-refractivity contribution in [2.75, 3.05) is 20.2 Å². The Hall–Kier alpha value is -2.86. The van der Waals surface area contributed by atoms with Crippen LogP contribution in [0.2, 0.25) is 0 Å². The lowest BCUT2D eigenvalue weighted by atomic mass is 9.93. The van der Waals surface area contributed by atoms with Gasteiger partial charge in [0.25, 0.3) is 0 Å². The van der Waals surface area contributed by atoms with Crippen LogP contribution in [0.25, 0.3) is 22.0 Å². The van der Waals surface area contributed by atoms with E-state index in [2.05, 4.69) is 22.2 Å². The minimum atomic E-state index is -0.717. The maximum absolute atomic E-state index is 10.9. The van der Waals surface area contributed by atoms with Crippen LogP contribution >= 0.6 is 0 Å². The number of rotatable bonds is 7. The molecule has 152 valence electrons. The van der Waals surface area contributed by atoms with E-state index in [-0.39, 0.29) is 6.42 Å². The number of carboxylic acid groups (broad SMARTS) is 1. The number of aromatic nitrogens is 1. The average Bonchev–Trinajstić information content (AvgIpc) is 3.19. The van der Waals surface area contributed by atoms with Crippen LogP contribution in [0.3, 0.4) is 0 Å². The number of carbonyl (C=O) groups is 1. The summed E-state index contributed by atoms with van der Waals surface area (Å²) in [5.41, 5.74) is 1.71. The molecule has 2 heterocycles. The zero-order valence-electron chi connectivity index (χ0n) is 16.6. The third-order valence-electron chi connectivity index (χ3n) is 5.67. The molecular weight excluding hydrogens is 368 g/mol. The van der Waals surface area contributed by atoms with Gasteiger partial charge >= 0.3 is 5.97 Å². The number of nitrogens with zero attached hydrogens (tertiary/aromatic N) is 2. The van der Waals surface area contributed by atoms with Gasteiger partial charge in [-0.2, -0.15) is 0 Å². The average molecular weight is 394 g/mol. The van der Waals surface area contributed by atoms with Crippen molar-refractivity contribution in [1.29, 1.82) is 0 Å². The van der Waals surface area contributed by atoms with E-state index in [4.69, 9.17) is 14.4 Å². The van der Waals surface area contributed by atoms with Gasteiger partial charge in [-0.05, 0) is 48.6 Å². The van der Waals surface area contributed by atoms with Gasteiger partial charge in [-0.25, -0.2) is 0 Å². The zero-order chi connectivity index (χ0) is 20.2. The molecule has 1 saturated heterocycles. The molecule has 29 heavy (non-hydrogen) atoms. The smallest absolute Gasteiger partial charge is 0.303 e. The van der Waals surface area contributed by atoms with Crippen LogP contribution in [0.15, 0.2) is 47.0 Å². The Bertz CT molecular complexity index is 997. The standard InChI is InChI=1S/C23H26N2O4/c1-28-21-10-9-17-6-2-3-7-19(17)23(21)20-13-18(29-24-20)15-25-12-4-5-16(14-25)8-11-22(26)27/h2-3,6-7,9-10,13,16H,4-5,8,11-12,14-15H2,1H3,(H,26,27). The number of ether oxygens (including phenoxy) is 1. The molecule has 1 N–H and O–H groups in total. The van der Waals surface area contributed by atoms with Gasteiger partial charge in [-0.3, -0.25) is 9.69 Å². The lowest BCUT2D eigenvalue weighted by Crippen LogP contribution is -2.35. The Morgan fingerprint density at radius 2 is 2.17 bits per heavy atom. The molecule has 0 bridgehead atoms. The van der Waals surface area contributed by atoms with Gasteiger partial charge in [0.2, 0.25) is 0 Å². The summed E-state index contributed by atoms with van der Waals surface area (Å²) >= 11 is 0. The van der Waals surface area contributed by atoms with Gasteiger partial charge in [-0.1, -0.05) is 35.5 Å². The third-order valence-corrected chi connectivity index (χ3v) is 5.67. The molecular formula is C23H26N2O4. The topological polar surface area (TPSA) is 75.8 Å². The molecule has 0 aliphatic carbocycles. The second kappa shape index (κ2) is 8.66. The fourth-order valence-corrected chi connectivity index (χ4v) is 4.27. The summed E-state index contributed by atoms with van der Waals surface area (Å²) in [5.74, 6) is 1.30. The van der Waals surface area contributed by atoms with Gasteiger partial charge in [0.1, 0.15) is 11.4 Å².